The molecule has 0 aliphatic rings. The van der Waals surface area contributed by atoms with Crippen LogP contribution in [0.25, 0.3) is 10.4 Å². The molecule has 1 unspecified atom stereocenters. The summed E-state index contributed by atoms with van der Waals surface area (Å²) < 4.78 is 0. The monoisotopic (exact) mass is 226 g/mol. The fourth-order valence-corrected chi connectivity index (χ4v) is 2.60. The van der Waals surface area contributed by atoms with Crippen LogP contribution in [0.4, 0.5) is 0 Å². The minimum atomic E-state index is -0.178. The Morgan fingerprint density at radius 3 is 2.56 bits per heavy atom. The van der Waals surface area contributed by atoms with E-state index >= 15 is 0 Å². The average Bonchev–Trinajstić information content (AvgIpc) is 2.81. The molecule has 0 aliphatic carbocycles. The van der Waals surface area contributed by atoms with Crippen LogP contribution < -0.4 is 0 Å². The van der Waals surface area contributed by atoms with Crippen molar-refractivity contribution >= 4 is 31.0 Å². The van der Waals surface area contributed by atoms with E-state index in [2.05, 4.69) is 24.7 Å². The molecule has 0 saturated carbocycles. The van der Waals surface area contributed by atoms with Gasteiger partial charge in [-0.2, -0.15) is 0 Å². The molecule has 0 N–H and O–H groups in total. The van der Waals surface area contributed by atoms with Crippen molar-refractivity contribution < 1.29 is 4.79 Å². The molecule has 0 amide bonds. The van der Waals surface area contributed by atoms with E-state index in [9.17, 15) is 4.79 Å². The van der Waals surface area contributed by atoms with Gasteiger partial charge in [0.15, 0.2) is 0 Å². The van der Waals surface area contributed by atoms with Gasteiger partial charge in [-0.1, -0.05) is 0 Å². The molecule has 0 bridgehead atoms. The molecule has 2 rings (SSSR count). The quantitative estimate of drug-likeness (QED) is 0.578. The van der Waals surface area contributed by atoms with E-state index in [0.717, 1.165) is 11.2 Å². The minimum absolute atomic E-state index is 0.178. The van der Waals surface area contributed by atoms with Crippen LogP contribution in [-0.4, -0.2) is 19.7 Å². The fourth-order valence-electron chi connectivity index (χ4n) is 1.53. The maximum atomic E-state index is 10.8. The first-order valence-corrected chi connectivity index (χ1v) is 5.90. The van der Waals surface area contributed by atoms with Gasteiger partial charge in [0, 0.05) is 0 Å². The summed E-state index contributed by atoms with van der Waals surface area (Å²) in [7, 11) is 0. The van der Waals surface area contributed by atoms with Crippen molar-refractivity contribution in [3.05, 3.63) is 47.3 Å². The Morgan fingerprint density at radius 1 is 1.19 bits per heavy atom. The van der Waals surface area contributed by atoms with Gasteiger partial charge in [0.25, 0.3) is 0 Å². The van der Waals surface area contributed by atoms with Crippen LogP contribution in [0.15, 0.2) is 42.5 Å². The van der Waals surface area contributed by atoms with Crippen LogP contribution in [0.1, 0.15) is 10.7 Å². The second kappa shape index (κ2) is 5.04. The summed E-state index contributed by atoms with van der Waals surface area (Å²) in [6, 6.07) is 14.2. The van der Waals surface area contributed by atoms with E-state index < -0.39 is 0 Å². The third kappa shape index (κ3) is 2.20. The van der Waals surface area contributed by atoms with Crippen LogP contribution >= 0.6 is 11.3 Å². The van der Waals surface area contributed by atoms with Crippen LogP contribution in [0, 0.1) is 0 Å². The van der Waals surface area contributed by atoms with Gasteiger partial charge in [-0.15, -0.1) is 0 Å². The molecule has 0 radical (unpaired) electrons. The van der Waals surface area contributed by atoms with Gasteiger partial charge >= 0.3 is 99.4 Å². The second-order valence-corrected chi connectivity index (χ2v) is 4.58. The van der Waals surface area contributed by atoms with Gasteiger partial charge in [0.1, 0.15) is 0 Å². The first kappa shape index (κ1) is 11.0. The molecule has 1 aromatic carbocycles. The summed E-state index contributed by atoms with van der Waals surface area (Å²) in [5.74, 6) is -0.178. The normalized spacial score (nSPS) is 11.8. The Bertz CT molecular complexity index is 482. The topological polar surface area (TPSA) is 17.1 Å². The SMILES string of the molecule is C=BC(C=O)c1ccc(-c2ccccc2)s1. The average molecular weight is 226 g/mol. The molecular weight excluding hydrogens is 215 g/mol. The van der Waals surface area contributed by atoms with Crippen molar-refractivity contribution in [3.63, 3.8) is 0 Å². The summed E-state index contributed by atoms with van der Waals surface area (Å²) in [5.41, 5.74) is 1.19. The Morgan fingerprint density at radius 2 is 1.94 bits per heavy atom. The summed E-state index contributed by atoms with van der Waals surface area (Å²) in [4.78, 5) is 13.0. The van der Waals surface area contributed by atoms with Crippen LogP contribution in [0.3, 0.4) is 0 Å². The van der Waals surface area contributed by atoms with Crippen LogP contribution in [0.2, 0.25) is 0 Å². The molecule has 16 heavy (non-hydrogen) atoms. The Kier molecular flexibility index (Phi) is 3.47. The molecular formula is C13H11BOS. The molecule has 2 aromatic rings. The maximum absolute atomic E-state index is 10.8. The van der Waals surface area contributed by atoms with Crippen molar-refractivity contribution in [1.82, 2.24) is 0 Å². The number of rotatable bonds is 4. The number of hydrogen-bond acceptors (Lipinski definition) is 2. The molecule has 3 heteroatoms. The van der Waals surface area contributed by atoms with Gasteiger partial charge in [-0.05, 0) is 0 Å². The fraction of sp³-hybridized carbons (Fsp3) is 0.0769. The van der Waals surface area contributed by atoms with E-state index in [1.807, 2.05) is 24.3 Å². The van der Waals surface area contributed by atoms with Gasteiger partial charge in [0.2, 0.25) is 0 Å². The van der Waals surface area contributed by atoms with E-state index in [1.165, 1.54) is 10.4 Å². The van der Waals surface area contributed by atoms with E-state index in [0.29, 0.717) is 0 Å². The van der Waals surface area contributed by atoms with Crippen molar-refractivity contribution in [3.8, 4) is 10.4 Å². The summed E-state index contributed by atoms with van der Waals surface area (Å²) >= 11 is 1.64. The number of benzene rings is 1. The summed E-state index contributed by atoms with van der Waals surface area (Å²) in [6.07, 6.45) is 0.924. The zero-order chi connectivity index (χ0) is 11.4. The molecule has 0 saturated heterocycles. The first-order valence-electron chi connectivity index (χ1n) is 5.08. The van der Waals surface area contributed by atoms with E-state index in [4.69, 9.17) is 0 Å². The molecule has 0 fully saturated rings. The Labute approximate surface area is 99.7 Å². The van der Waals surface area contributed by atoms with Crippen molar-refractivity contribution in [2.75, 3.05) is 0 Å². The van der Waals surface area contributed by atoms with E-state index in [-0.39, 0.29) is 5.82 Å². The standard InChI is InChI=1S/C13H11BOS/c1-14-11(9-15)13-8-7-12(16-13)10-5-3-2-4-6-10/h2-9,11H,1H2. The second-order valence-electron chi connectivity index (χ2n) is 3.47. The predicted octanol–water partition coefficient (Wildman–Crippen LogP) is 2.79. The van der Waals surface area contributed by atoms with Crippen molar-refractivity contribution in [2.45, 2.75) is 5.82 Å². The summed E-state index contributed by atoms with van der Waals surface area (Å²) in [5, 5.41) is 0. The number of hydrogen-bond donors (Lipinski definition) is 0. The molecule has 0 aliphatic heterocycles. The third-order valence-corrected chi connectivity index (χ3v) is 3.65. The molecule has 1 aromatic heterocycles. The zero-order valence-corrected chi connectivity index (χ0v) is 9.61. The first-order chi connectivity index (χ1) is 7.85. The predicted molar refractivity (Wildman–Crippen MR) is 71.4 cm³/mol. The van der Waals surface area contributed by atoms with Gasteiger partial charge < -0.3 is 0 Å². The summed E-state index contributed by atoms with van der Waals surface area (Å²) in [6.45, 7) is 5.34. The Hall–Kier alpha value is -1.48. The number of thiophene rings is 1. The number of carbonyl (C=O) groups is 1. The number of carbonyl (C=O) groups excluding carboxylic acids is 1. The number of aldehydes is 1. The van der Waals surface area contributed by atoms with Crippen molar-refractivity contribution in [2.24, 2.45) is 0 Å². The molecule has 0 spiro atoms. The molecule has 1 atom stereocenters. The van der Waals surface area contributed by atoms with Gasteiger partial charge in [-0.3, -0.25) is 0 Å². The zero-order valence-electron chi connectivity index (χ0n) is 8.80. The van der Waals surface area contributed by atoms with Gasteiger partial charge in [0.05, 0.1) is 0 Å². The van der Waals surface area contributed by atoms with Crippen LogP contribution in [0.5, 0.6) is 0 Å². The van der Waals surface area contributed by atoms with Crippen molar-refractivity contribution in [1.29, 1.82) is 0 Å². The van der Waals surface area contributed by atoms with Gasteiger partial charge in [-0.25, -0.2) is 0 Å². The molecule has 1 nitrogen and oxygen atoms in total. The van der Waals surface area contributed by atoms with Crippen LogP contribution in [-0.2, 0) is 4.79 Å². The molecule has 1 heterocycles. The molecule has 78 valence electrons. The third-order valence-electron chi connectivity index (χ3n) is 2.41. The van der Waals surface area contributed by atoms with E-state index in [1.54, 1.807) is 18.3 Å². The Balaban J connectivity index is 2.33.